The molecule has 1 atom stereocenters. The largest absolute Gasteiger partial charge is 0.374 e. The van der Waals surface area contributed by atoms with Gasteiger partial charge >= 0.3 is 0 Å². The molecule has 0 N–H and O–H groups in total. The average molecular weight is 259 g/mol. The van der Waals surface area contributed by atoms with Crippen molar-refractivity contribution in [1.29, 1.82) is 5.26 Å². The normalized spacial score (nSPS) is 19.9. The highest BCUT2D eigenvalue weighted by Gasteiger charge is 2.21. The topological polar surface area (TPSA) is 39.5 Å². The summed E-state index contributed by atoms with van der Waals surface area (Å²) in [4.78, 5) is 4.51. The van der Waals surface area contributed by atoms with Crippen molar-refractivity contribution in [1.82, 2.24) is 4.90 Å². The lowest BCUT2D eigenvalue weighted by atomic mass is 10.1. The average Bonchev–Trinajstić information content (AvgIpc) is 2.47. The van der Waals surface area contributed by atoms with Gasteiger partial charge in [0.1, 0.15) is 6.07 Å². The molecule has 0 aliphatic carbocycles. The van der Waals surface area contributed by atoms with Crippen LogP contribution in [-0.2, 0) is 4.74 Å². The van der Waals surface area contributed by atoms with E-state index in [0.29, 0.717) is 5.56 Å². The van der Waals surface area contributed by atoms with Crippen molar-refractivity contribution in [2.45, 2.75) is 13.0 Å². The van der Waals surface area contributed by atoms with Gasteiger partial charge in [0.15, 0.2) is 0 Å². The second-order valence-electron chi connectivity index (χ2n) is 4.90. The van der Waals surface area contributed by atoms with E-state index in [1.54, 1.807) is 0 Å². The van der Waals surface area contributed by atoms with Gasteiger partial charge in [0, 0.05) is 26.7 Å². The summed E-state index contributed by atoms with van der Waals surface area (Å²) < 4.78 is 5.81. The summed E-state index contributed by atoms with van der Waals surface area (Å²) in [5.74, 6) is 0. The molecule has 1 aromatic carbocycles. The molecule has 0 spiro atoms. The van der Waals surface area contributed by atoms with Gasteiger partial charge in [-0.05, 0) is 18.7 Å². The maximum atomic E-state index is 9.14. The first-order chi connectivity index (χ1) is 9.24. The number of benzene rings is 1. The van der Waals surface area contributed by atoms with E-state index < -0.39 is 0 Å². The van der Waals surface area contributed by atoms with Crippen LogP contribution in [0.3, 0.4) is 0 Å². The van der Waals surface area contributed by atoms with Crippen molar-refractivity contribution >= 4 is 5.69 Å². The lowest BCUT2D eigenvalue weighted by molar-refractivity contribution is -0.0216. The van der Waals surface area contributed by atoms with Gasteiger partial charge in [-0.3, -0.25) is 4.90 Å². The molecule has 1 saturated heterocycles. The first-order valence-corrected chi connectivity index (χ1v) is 6.78. The Balaban J connectivity index is 2.00. The Bertz CT molecular complexity index is 455. The Kier molecular flexibility index (Phi) is 4.78. The zero-order chi connectivity index (χ0) is 13.7. The summed E-state index contributed by atoms with van der Waals surface area (Å²) in [5, 5.41) is 9.14. The Morgan fingerprint density at radius 2 is 2.26 bits per heavy atom. The Morgan fingerprint density at radius 1 is 1.47 bits per heavy atom. The highest BCUT2D eigenvalue weighted by molar-refractivity contribution is 5.58. The van der Waals surface area contributed by atoms with Crippen LogP contribution < -0.4 is 4.90 Å². The summed E-state index contributed by atoms with van der Waals surface area (Å²) >= 11 is 0. The first kappa shape index (κ1) is 13.9. The fourth-order valence-electron chi connectivity index (χ4n) is 2.48. The molecule has 4 nitrogen and oxygen atoms in total. The SMILES string of the molecule is CCN1CCOC(CN(C)c2ccccc2C#N)C1. The van der Waals surface area contributed by atoms with E-state index in [9.17, 15) is 0 Å². The summed E-state index contributed by atoms with van der Waals surface area (Å²) in [5.41, 5.74) is 1.69. The Hall–Kier alpha value is -1.57. The first-order valence-electron chi connectivity index (χ1n) is 6.78. The summed E-state index contributed by atoms with van der Waals surface area (Å²) in [6.45, 7) is 6.85. The Morgan fingerprint density at radius 3 is 3.00 bits per heavy atom. The molecular weight excluding hydrogens is 238 g/mol. The number of morpholine rings is 1. The molecule has 19 heavy (non-hydrogen) atoms. The summed E-state index contributed by atoms with van der Waals surface area (Å²) in [7, 11) is 2.02. The number of ether oxygens (including phenoxy) is 1. The monoisotopic (exact) mass is 259 g/mol. The van der Waals surface area contributed by atoms with Crippen molar-refractivity contribution in [2.75, 3.05) is 44.7 Å². The molecule has 0 amide bonds. The minimum Gasteiger partial charge on any atom is -0.374 e. The van der Waals surface area contributed by atoms with E-state index >= 15 is 0 Å². The van der Waals surface area contributed by atoms with Crippen LogP contribution in [0.2, 0.25) is 0 Å². The quantitative estimate of drug-likeness (QED) is 0.825. The van der Waals surface area contributed by atoms with Crippen LogP contribution in [0.5, 0.6) is 0 Å². The Labute approximate surface area is 115 Å². The van der Waals surface area contributed by atoms with Crippen molar-refractivity contribution in [3.05, 3.63) is 29.8 Å². The second-order valence-corrected chi connectivity index (χ2v) is 4.90. The molecule has 2 rings (SSSR count). The highest BCUT2D eigenvalue weighted by atomic mass is 16.5. The van der Waals surface area contributed by atoms with Crippen molar-refractivity contribution in [3.8, 4) is 6.07 Å². The van der Waals surface area contributed by atoms with Gasteiger partial charge in [0.2, 0.25) is 0 Å². The van der Waals surface area contributed by atoms with Crippen LogP contribution in [0.1, 0.15) is 12.5 Å². The zero-order valence-corrected chi connectivity index (χ0v) is 11.7. The summed E-state index contributed by atoms with van der Waals surface area (Å²) in [6, 6.07) is 9.94. The lowest BCUT2D eigenvalue weighted by Crippen LogP contribution is -2.46. The fourth-order valence-corrected chi connectivity index (χ4v) is 2.48. The number of likely N-dealkylation sites (N-methyl/N-ethyl adjacent to an activating group) is 2. The third-order valence-corrected chi connectivity index (χ3v) is 3.58. The molecule has 0 saturated carbocycles. The molecule has 1 fully saturated rings. The van der Waals surface area contributed by atoms with E-state index in [1.807, 2.05) is 31.3 Å². The van der Waals surface area contributed by atoms with Crippen LogP contribution >= 0.6 is 0 Å². The smallest absolute Gasteiger partial charge is 0.101 e. The lowest BCUT2D eigenvalue weighted by Gasteiger charge is -2.34. The van der Waals surface area contributed by atoms with Crippen molar-refractivity contribution < 1.29 is 4.74 Å². The van der Waals surface area contributed by atoms with Gasteiger partial charge in [0.25, 0.3) is 0 Å². The molecule has 1 aliphatic rings. The van der Waals surface area contributed by atoms with E-state index in [-0.39, 0.29) is 6.10 Å². The van der Waals surface area contributed by atoms with Gasteiger partial charge in [-0.25, -0.2) is 0 Å². The molecule has 1 heterocycles. The van der Waals surface area contributed by atoms with E-state index in [1.165, 1.54) is 0 Å². The maximum Gasteiger partial charge on any atom is 0.101 e. The van der Waals surface area contributed by atoms with Crippen LogP contribution in [0.25, 0.3) is 0 Å². The van der Waals surface area contributed by atoms with E-state index in [2.05, 4.69) is 22.8 Å². The molecule has 4 heteroatoms. The predicted molar refractivity (Wildman–Crippen MR) is 76.3 cm³/mol. The van der Waals surface area contributed by atoms with Crippen molar-refractivity contribution in [3.63, 3.8) is 0 Å². The van der Waals surface area contributed by atoms with Crippen LogP contribution in [0, 0.1) is 11.3 Å². The predicted octanol–water partition coefficient (Wildman–Crippen LogP) is 1.72. The van der Waals surface area contributed by atoms with Crippen molar-refractivity contribution in [2.24, 2.45) is 0 Å². The van der Waals surface area contributed by atoms with Gasteiger partial charge in [-0.15, -0.1) is 0 Å². The highest BCUT2D eigenvalue weighted by Crippen LogP contribution is 2.19. The number of para-hydroxylation sites is 1. The van der Waals surface area contributed by atoms with Gasteiger partial charge < -0.3 is 9.64 Å². The van der Waals surface area contributed by atoms with Gasteiger partial charge in [0.05, 0.1) is 24.0 Å². The standard InChI is InChI=1S/C15H21N3O/c1-3-18-8-9-19-14(12-18)11-17(2)15-7-5-4-6-13(15)10-16/h4-7,14H,3,8-9,11-12H2,1-2H3. The van der Waals surface area contributed by atoms with Crippen LogP contribution in [0.15, 0.2) is 24.3 Å². The van der Waals surface area contributed by atoms with Crippen LogP contribution in [0.4, 0.5) is 5.69 Å². The van der Waals surface area contributed by atoms with Gasteiger partial charge in [-0.2, -0.15) is 5.26 Å². The number of anilines is 1. The molecule has 102 valence electrons. The minimum atomic E-state index is 0.213. The number of nitriles is 1. The molecule has 0 aromatic heterocycles. The number of rotatable bonds is 4. The summed E-state index contributed by atoms with van der Waals surface area (Å²) in [6.07, 6.45) is 0.213. The maximum absolute atomic E-state index is 9.14. The van der Waals surface area contributed by atoms with Gasteiger partial charge in [-0.1, -0.05) is 19.1 Å². The van der Waals surface area contributed by atoms with E-state index in [4.69, 9.17) is 10.00 Å². The molecule has 1 aliphatic heterocycles. The fraction of sp³-hybridized carbons (Fsp3) is 0.533. The van der Waals surface area contributed by atoms with Crippen LogP contribution in [-0.4, -0.2) is 50.8 Å². The molecule has 0 radical (unpaired) electrons. The molecule has 1 unspecified atom stereocenters. The molecule has 0 bridgehead atoms. The number of hydrogen-bond donors (Lipinski definition) is 0. The number of hydrogen-bond acceptors (Lipinski definition) is 4. The zero-order valence-electron chi connectivity index (χ0n) is 11.7. The third-order valence-electron chi connectivity index (χ3n) is 3.58. The minimum absolute atomic E-state index is 0.213. The third kappa shape index (κ3) is 3.46. The molecular formula is C15H21N3O. The van der Waals surface area contributed by atoms with E-state index in [0.717, 1.165) is 38.5 Å². The number of nitrogens with zero attached hydrogens (tertiary/aromatic N) is 3. The second kappa shape index (κ2) is 6.55. The molecule has 1 aromatic rings.